The second-order valence-corrected chi connectivity index (χ2v) is 5.24. The molecule has 0 fully saturated rings. The third kappa shape index (κ3) is 4.37. The van der Waals surface area contributed by atoms with Crippen LogP contribution in [0.2, 0.25) is 5.02 Å². The zero-order chi connectivity index (χ0) is 14.4. The molecule has 0 saturated carbocycles. The van der Waals surface area contributed by atoms with E-state index in [1.165, 1.54) is 0 Å². The van der Waals surface area contributed by atoms with Crippen molar-refractivity contribution >= 4 is 11.6 Å². The number of halogens is 1. The Morgan fingerprint density at radius 2 is 2.05 bits per heavy atom. The maximum absolute atomic E-state index is 9.49. The van der Waals surface area contributed by atoms with Gasteiger partial charge in [0, 0.05) is 5.02 Å². The summed E-state index contributed by atoms with van der Waals surface area (Å²) in [6, 6.07) is 1.91. The molecule has 0 aliphatic rings. The molecule has 0 saturated heterocycles. The number of hydrogen-bond acceptors (Lipinski definition) is 3. The van der Waals surface area contributed by atoms with Crippen LogP contribution in [0.3, 0.4) is 0 Å². The molecule has 0 aliphatic heterocycles. The first kappa shape index (κ1) is 16.3. The molecule has 0 radical (unpaired) electrons. The SMILES string of the molecule is CCCOc1c(C)cc(Cl)c(C)c1CCC(O)CO. The lowest BCUT2D eigenvalue weighted by atomic mass is 9.98. The fourth-order valence-corrected chi connectivity index (χ4v) is 2.30. The average molecular weight is 287 g/mol. The molecular weight excluding hydrogens is 264 g/mol. The minimum Gasteiger partial charge on any atom is -0.493 e. The van der Waals surface area contributed by atoms with Crippen LogP contribution in [0.4, 0.5) is 0 Å². The number of aliphatic hydroxyl groups is 2. The minimum absolute atomic E-state index is 0.219. The highest BCUT2D eigenvalue weighted by molar-refractivity contribution is 6.31. The van der Waals surface area contributed by atoms with Crippen molar-refractivity contribution in [2.45, 2.75) is 46.1 Å². The summed E-state index contributed by atoms with van der Waals surface area (Å²) < 4.78 is 5.82. The van der Waals surface area contributed by atoms with Gasteiger partial charge < -0.3 is 14.9 Å². The van der Waals surface area contributed by atoms with Crippen molar-refractivity contribution in [1.82, 2.24) is 0 Å². The van der Waals surface area contributed by atoms with Crippen molar-refractivity contribution in [3.05, 3.63) is 27.8 Å². The summed E-state index contributed by atoms with van der Waals surface area (Å²) in [5, 5.41) is 19.1. The third-order valence-electron chi connectivity index (χ3n) is 3.18. The zero-order valence-corrected chi connectivity index (χ0v) is 12.6. The molecule has 1 unspecified atom stereocenters. The van der Waals surface area contributed by atoms with Crippen LogP contribution in [0.15, 0.2) is 6.07 Å². The van der Waals surface area contributed by atoms with Crippen LogP contribution in [0.5, 0.6) is 5.75 Å². The summed E-state index contributed by atoms with van der Waals surface area (Å²) >= 11 is 6.21. The Hall–Kier alpha value is -0.770. The average Bonchev–Trinajstić information content (AvgIpc) is 2.39. The molecule has 0 aromatic heterocycles. The molecule has 0 spiro atoms. The van der Waals surface area contributed by atoms with Crippen LogP contribution in [-0.2, 0) is 6.42 Å². The molecule has 3 nitrogen and oxygen atoms in total. The van der Waals surface area contributed by atoms with E-state index in [4.69, 9.17) is 21.4 Å². The fraction of sp³-hybridized carbons (Fsp3) is 0.600. The van der Waals surface area contributed by atoms with Gasteiger partial charge in [-0.25, -0.2) is 0 Å². The number of aryl methyl sites for hydroxylation is 1. The van der Waals surface area contributed by atoms with Crippen molar-refractivity contribution in [2.75, 3.05) is 13.2 Å². The van der Waals surface area contributed by atoms with E-state index in [9.17, 15) is 5.11 Å². The predicted octanol–water partition coefficient (Wildman–Crippen LogP) is 3.03. The van der Waals surface area contributed by atoms with Gasteiger partial charge in [0.2, 0.25) is 0 Å². The fourth-order valence-electron chi connectivity index (χ4n) is 2.02. The standard InChI is InChI=1S/C15H23ClO3/c1-4-7-19-15-10(2)8-14(16)11(3)13(15)6-5-12(18)9-17/h8,12,17-18H,4-7,9H2,1-3H3. The van der Waals surface area contributed by atoms with E-state index in [0.717, 1.165) is 33.9 Å². The lowest BCUT2D eigenvalue weighted by Gasteiger charge is -2.18. The van der Waals surface area contributed by atoms with Crippen molar-refractivity contribution in [2.24, 2.45) is 0 Å². The molecule has 0 aliphatic carbocycles. The van der Waals surface area contributed by atoms with Crippen molar-refractivity contribution < 1.29 is 14.9 Å². The molecule has 4 heteroatoms. The molecule has 0 heterocycles. The Bertz CT molecular complexity index is 418. The molecule has 1 aromatic carbocycles. The van der Waals surface area contributed by atoms with Crippen molar-refractivity contribution in [1.29, 1.82) is 0 Å². The first-order chi connectivity index (χ1) is 9.01. The second-order valence-electron chi connectivity index (χ2n) is 4.83. The van der Waals surface area contributed by atoms with Gasteiger partial charge in [-0.05, 0) is 55.9 Å². The summed E-state index contributed by atoms with van der Waals surface area (Å²) in [6.45, 7) is 6.44. The Kier molecular flexibility index (Phi) is 6.63. The monoisotopic (exact) mass is 286 g/mol. The highest BCUT2D eigenvalue weighted by Crippen LogP contribution is 2.33. The van der Waals surface area contributed by atoms with Crippen LogP contribution < -0.4 is 4.74 Å². The van der Waals surface area contributed by atoms with E-state index in [1.54, 1.807) is 0 Å². The van der Waals surface area contributed by atoms with Gasteiger partial charge in [-0.15, -0.1) is 0 Å². The van der Waals surface area contributed by atoms with Crippen LogP contribution in [0.25, 0.3) is 0 Å². The molecule has 0 amide bonds. The van der Waals surface area contributed by atoms with Crippen LogP contribution in [0, 0.1) is 13.8 Å². The topological polar surface area (TPSA) is 49.7 Å². The van der Waals surface area contributed by atoms with Gasteiger partial charge in [-0.2, -0.15) is 0 Å². The molecule has 19 heavy (non-hydrogen) atoms. The smallest absolute Gasteiger partial charge is 0.125 e. The Morgan fingerprint density at radius 3 is 2.63 bits per heavy atom. The molecule has 108 valence electrons. The largest absolute Gasteiger partial charge is 0.493 e. The summed E-state index contributed by atoms with van der Waals surface area (Å²) in [4.78, 5) is 0. The molecule has 0 bridgehead atoms. The zero-order valence-electron chi connectivity index (χ0n) is 11.9. The molecule has 1 aromatic rings. The van der Waals surface area contributed by atoms with Gasteiger partial charge in [-0.1, -0.05) is 18.5 Å². The lowest BCUT2D eigenvalue weighted by Crippen LogP contribution is -2.14. The highest BCUT2D eigenvalue weighted by atomic mass is 35.5. The predicted molar refractivity (Wildman–Crippen MR) is 78.1 cm³/mol. The molecule has 1 rings (SSSR count). The minimum atomic E-state index is -0.697. The van der Waals surface area contributed by atoms with Crippen LogP contribution in [0.1, 0.15) is 36.5 Å². The van der Waals surface area contributed by atoms with Crippen molar-refractivity contribution in [3.63, 3.8) is 0 Å². The number of benzene rings is 1. The van der Waals surface area contributed by atoms with E-state index in [2.05, 4.69) is 6.92 Å². The van der Waals surface area contributed by atoms with Gasteiger partial charge in [0.25, 0.3) is 0 Å². The second kappa shape index (κ2) is 7.73. The Labute approximate surface area is 120 Å². The highest BCUT2D eigenvalue weighted by Gasteiger charge is 2.15. The van der Waals surface area contributed by atoms with Gasteiger partial charge in [-0.3, -0.25) is 0 Å². The molecule has 2 N–H and O–H groups in total. The molecular formula is C15H23ClO3. The van der Waals surface area contributed by atoms with Crippen LogP contribution in [-0.4, -0.2) is 29.5 Å². The van der Waals surface area contributed by atoms with Gasteiger partial charge in [0.05, 0.1) is 19.3 Å². The maximum Gasteiger partial charge on any atom is 0.125 e. The third-order valence-corrected chi connectivity index (χ3v) is 3.57. The summed E-state index contributed by atoms with van der Waals surface area (Å²) in [5.41, 5.74) is 3.03. The number of hydrogen-bond donors (Lipinski definition) is 2. The number of aliphatic hydroxyl groups excluding tert-OH is 2. The Balaban J connectivity index is 3.02. The van der Waals surface area contributed by atoms with Gasteiger partial charge in [0.15, 0.2) is 0 Å². The summed E-state index contributed by atoms with van der Waals surface area (Å²) in [6.07, 6.45) is 1.39. The van der Waals surface area contributed by atoms with Gasteiger partial charge in [0.1, 0.15) is 5.75 Å². The van der Waals surface area contributed by atoms with E-state index >= 15 is 0 Å². The maximum atomic E-state index is 9.49. The summed E-state index contributed by atoms with van der Waals surface area (Å²) in [7, 11) is 0. The van der Waals surface area contributed by atoms with Crippen molar-refractivity contribution in [3.8, 4) is 5.75 Å². The van der Waals surface area contributed by atoms with Gasteiger partial charge >= 0.3 is 0 Å². The number of rotatable bonds is 7. The number of ether oxygens (including phenoxy) is 1. The van der Waals surface area contributed by atoms with E-state index < -0.39 is 6.10 Å². The van der Waals surface area contributed by atoms with E-state index in [0.29, 0.717) is 19.4 Å². The Morgan fingerprint density at radius 1 is 1.37 bits per heavy atom. The molecule has 1 atom stereocenters. The van der Waals surface area contributed by atoms with Crippen LogP contribution >= 0.6 is 11.6 Å². The van der Waals surface area contributed by atoms with E-state index in [-0.39, 0.29) is 6.61 Å². The lowest BCUT2D eigenvalue weighted by molar-refractivity contribution is 0.0883. The summed E-state index contributed by atoms with van der Waals surface area (Å²) in [5.74, 6) is 0.869. The first-order valence-corrected chi connectivity index (χ1v) is 7.09. The van der Waals surface area contributed by atoms with E-state index in [1.807, 2.05) is 19.9 Å². The quantitative estimate of drug-likeness (QED) is 0.810. The first-order valence-electron chi connectivity index (χ1n) is 6.71. The normalized spacial score (nSPS) is 12.5.